The Hall–Kier alpha value is -0.820. The fraction of sp³-hybridized carbons (Fsp3) is 0.625. The van der Waals surface area contributed by atoms with Crippen molar-refractivity contribution in [1.29, 1.82) is 0 Å². The average molecular weight is 229 g/mol. The van der Waals surface area contributed by atoms with Crippen molar-refractivity contribution in [3.63, 3.8) is 0 Å². The minimum atomic E-state index is 0.485. The van der Waals surface area contributed by atoms with Gasteiger partial charge in [-0.15, -0.1) is 0 Å². The molecule has 0 saturated heterocycles. The third-order valence-corrected chi connectivity index (χ3v) is 5.06. The third kappa shape index (κ3) is 2.01. The Kier molecular flexibility index (Phi) is 2.96. The summed E-state index contributed by atoms with van der Waals surface area (Å²) in [6, 6.07) is 11.0. The van der Waals surface area contributed by atoms with Gasteiger partial charge in [-0.1, -0.05) is 49.6 Å². The van der Waals surface area contributed by atoms with Gasteiger partial charge in [-0.3, -0.25) is 0 Å². The van der Waals surface area contributed by atoms with Gasteiger partial charge in [0.05, 0.1) is 0 Å². The first-order valence-electron chi connectivity index (χ1n) is 7.11. The normalized spacial score (nSPS) is 31.1. The molecule has 2 fully saturated rings. The third-order valence-electron chi connectivity index (χ3n) is 5.06. The second kappa shape index (κ2) is 4.45. The minimum Gasteiger partial charge on any atom is -0.330 e. The van der Waals surface area contributed by atoms with E-state index in [9.17, 15) is 0 Å². The lowest BCUT2D eigenvalue weighted by atomic mass is 9.69. The molecule has 0 radical (unpaired) electrons. The largest absolute Gasteiger partial charge is 0.330 e. The highest BCUT2D eigenvalue weighted by Crippen LogP contribution is 2.61. The predicted molar refractivity (Wildman–Crippen MR) is 71.9 cm³/mol. The summed E-state index contributed by atoms with van der Waals surface area (Å²) in [7, 11) is 0. The summed E-state index contributed by atoms with van der Waals surface area (Å²) in [5.41, 5.74) is 8.14. The monoisotopic (exact) mass is 229 g/mol. The highest BCUT2D eigenvalue weighted by molar-refractivity contribution is 5.27. The van der Waals surface area contributed by atoms with Gasteiger partial charge in [-0.05, 0) is 48.6 Å². The first-order valence-corrected chi connectivity index (χ1v) is 7.11. The maximum absolute atomic E-state index is 6.12. The molecule has 3 rings (SSSR count). The van der Waals surface area contributed by atoms with Crippen LogP contribution in [0.3, 0.4) is 0 Å². The molecule has 1 nitrogen and oxygen atoms in total. The molecule has 0 heterocycles. The molecule has 0 aliphatic heterocycles. The van der Waals surface area contributed by atoms with Crippen molar-refractivity contribution < 1.29 is 0 Å². The molecule has 0 amide bonds. The second-order valence-corrected chi connectivity index (χ2v) is 5.99. The van der Waals surface area contributed by atoms with E-state index in [2.05, 4.69) is 30.3 Å². The molecule has 2 aliphatic rings. The maximum Gasteiger partial charge on any atom is -0.00177 e. The Bertz CT molecular complexity index is 364. The van der Waals surface area contributed by atoms with Crippen LogP contribution in [0.25, 0.3) is 0 Å². The van der Waals surface area contributed by atoms with Gasteiger partial charge in [0.1, 0.15) is 0 Å². The maximum atomic E-state index is 6.12. The van der Waals surface area contributed by atoms with Gasteiger partial charge >= 0.3 is 0 Å². The molecule has 0 spiro atoms. The quantitative estimate of drug-likeness (QED) is 0.840. The van der Waals surface area contributed by atoms with Crippen molar-refractivity contribution in [3.05, 3.63) is 35.9 Å². The van der Waals surface area contributed by atoms with Crippen molar-refractivity contribution in [2.75, 3.05) is 6.54 Å². The molecular weight excluding hydrogens is 206 g/mol. The lowest BCUT2D eigenvalue weighted by Gasteiger charge is -2.37. The van der Waals surface area contributed by atoms with Gasteiger partial charge in [0.2, 0.25) is 0 Å². The molecule has 2 aliphatic carbocycles. The number of hydrogen-bond acceptors (Lipinski definition) is 1. The Labute approximate surface area is 104 Å². The van der Waals surface area contributed by atoms with Gasteiger partial charge in [0, 0.05) is 0 Å². The van der Waals surface area contributed by atoms with Gasteiger partial charge in [-0.25, -0.2) is 0 Å². The molecule has 2 N–H and O–H groups in total. The zero-order valence-corrected chi connectivity index (χ0v) is 10.6. The number of rotatable bonds is 3. The van der Waals surface area contributed by atoms with Crippen LogP contribution in [-0.2, 0) is 0 Å². The summed E-state index contributed by atoms with van der Waals surface area (Å²) in [5, 5.41) is 0. The van der Waals surface area contributed by atoms with Crippen LogP contribution >= 0.6 is 0 Å². The van der Waals surface area contributed by atoms with E-state index in [1.165, 1.54) is 44.1 Å². The molecule has 1 heteroatoms. The molecule has 17 heavy (non-hydrogen) atoms. The van der Waals surface area contributed by atoms with E-state index in [0.717, 1.165) is 18.4 Å². The van der Waals surface area contributed by atoms with E-state index in [0.29, 0.717) is 5.41 Å². The van der Waals surface area contributed by atoms with Gasteiger partial charge < -0.3 is 5.73 Å². The van der Waals surface area contributed by atoms with E-state index >= 15 is 0 Å². The van der Waals surface area contributed by atoms with Crippen LogP contribution in [0.4, 0.5) is 0 Å². The molecule has 2 unspecified atom stereocenters. The van der Waals surface area contributed by atoms with E-state index in [-0.39, 0.29) is 0 Å². The van der Waals surface area contributed by atoms with Crippen molar-refractivity contribution in [2.45, 2.75) is 44.4 Å². The van der Waals surface area contributed by atoms with Gasteiger partial charge in [0.25, 0.3) is 0 Å². The van der Waals surface area contributed by atoms with Crippen LogP contribution in [0.15, 0.2) is 30.3 Å². The number of nitrogens with two attached hydrogens (primary N) is 1. The molecule has 2 saturated carbocycles. The summed E-state index contributed by atoms with van der Waals surface area (Å²) in [6.07, 6.45) is 8.34. The number of benzene rings is 1. The molecule has 0 aromatic heterocycles. The van der Waals surface area contributed by atoms with Gasteiger partial charge in [-0.2, -0.15) is 0 Å². The Balaban J connectivity index is 1.74. The summed E-state index contributed by atoms with van der Waals surface area (Å²) in [6.45, 7) is 0.904. The molecule has 1 aromatic carbocycles. The van der Waals surface area contributed by atoms with Crippen molar-refractivity contribution >= 4 is 0 Å². The predicted octanol–water partition coefficient (Wildman–Crippen LogP) is 3.70. The molecule has 0 bridgehead atoms. The number of hydrogen-bond donors (Lipinski definition) is 1. The van der Waals surface area contributed by atoms with E-state index < -0.39 is 0 Å². The van der Waals surface area contributed by atoms with Crippen LogP contribution in [0, 0.1) is 11.3 Å². The molecular formula is C16H23N. The molecule has 92 valence electrons. The highest BCUT2D eigenvalue weighted by Gasteiger charge is 2.52. The summed E-state index contributed by atoms with van der Waals surface area (Å²) >= 11 is 0. The SMILES string of the molecule is NCC1(C2CC2c2ccccc2)CCCCC1. The minimum absolute atomic E-state index is 0.485. The van der Waals surface area contributed by atoms with E-state index in [1.807, 2.05) is 0 Å². The van der Waals surface area contributed by atoms with Crippen molar-refractivity contribution in [3.8, 4) is 0 Å². The second-order valence-electron chi connectivity index (χ2n) is 5.99. The summed E-state index contributed by atoms with van der Waals surface area (Å²) < 4.78 is 0. The van der Waals surface area contributed by atoms with Crippen LogP contribution in [0.5, 0.6) is 0 Å². The first kappa shape index (κ1) is 11.3. The Morgan fingerprint density at radius 2 is 1.76 bits per heavy atom. The zero-order chi connectivity index (χ0) is 11.7. The van der Waals surface area contributed by atoms with Crippen LogP contribution in [0.1, 0.15) is 50.0 Å². The lowest BCUT2D eigenvalue weighted by molar-refractivity contribution is 0.160. The fourth-order valence-corrected chi connectivity index (χ4v) is 3.92. The first-order chi connectivity index (χ1) is 8.36. The summed E-state index contributed by atoms with van der Waals surface area (Å²) in [5.74, 6) is 1.67. The van der Waals surface area contributed by atoms with E-state index in [4.69, 9.17) is 5.73 Å². The highest BCUT2D eigenvalue weighted by atomic mass is 14.7. The molecule has 2 atom stereocenters. The zero-order valence-electron chi connectivity index (χ0n) is 10.6. The molecule has 1 aromatic rings. The summed E-state index contributed by atoms with van der Waals surface area (Å²) in [4.78, 5) is 0. The average Bonchev–Trinajstić information content (AvgIpc) is 3.21. The van der Waals surface area contributed by atoms with Crippen LogP contribution in [-0.4, -0.2) is 6.54 Å². The van der Waals surface area contributed by atoms with Crippen molar-refractivity contribution in [1.82, 2.24) is 0 Å². The van der Waals surface area contributed by atoms with Crippen molar-refractivity contribution in [2.24, 2.45) is 17.1 Å². The Morgan fingerprint density at radius 3 is 2.41 bits per heavy atom. The van der Waals surface area contributed by atoms with E-state index in [1.54, 1.807) is 0 Å². The lowest BCUT2D eigenvalue weighted by Crippen LogP contribution is -2.35. The standard InChI is InChI=1S/C16H23N/c17-12-16(9-5-2-6-10-16)15-11-14(15)13-7-3-1-4-8-13/h1,3-4,7-8,14-15H,2,5-6,9-12,17H2. The van der Waals surface area contributed by atoms with Gasteiger partial charge in [0.15, 0.2) is 0 Å². The Morgan fingerprint density at radius 1 is 1.06 bits per heavy atom. The topological polar surface area (TPSA) is 26.0 Å². The fourth-order valence-electron chi connectivity index (χ4n) is 3.92. The smallest absolute Gasteiger partial charge is 0.00177 e. The van der Waals surface area contributed by atoms with Crippen LogP contribution in [0.2, 0.25) is 0 Å². The van der Waals surface area contributed by atoms with Crippen LogP contribution < -0.4 is 5.73 Å².